The molecule has 1 aromatic heterocycles. The average molecular weight is 729 g/mol. The van der Waals surface area contributed by atoms with E-state index in [1.807, 2.05) is 45.9 Å². The maximum atomic E-state index is 15.4. The summed E-state index contributed by atoms with van der Waals surface area (Å²) >= 11 is -2.42. The summed E-state index contributed by atoms with van der Waals surface area (Å²) in [6.45, 7) is 7.72. The number of nitrogens with two attached hydrogens (primary N) is 1. The van der Waals surface area contributed by atoms with E-state index in [4.69, 9.17) is 24.2 Å². The fraction of sp³-hybridized carbons (Fsp3) is 0.308. The Kier molecular flexibility index (Phi) is 9.49. The highest BCUT2D eigenvalue weighted by atomic mass is 32.2. The van der Waals surface area contributed by atoms with E-state index in [1.54, 1.807) is 30.3 Å². The van der Waals surface area contributed by atoms with E-state index >= 15 is 4.39 Å². The standard InChI is InChI=1S/C39H39BF2N2O7S/c1-38(2)39(3,4)51-40(50-38)31-16-7-24(19-32(31)42)17-18-44(52(46)47)33-22-34-30(21-29(33)25-8-9-25)36(37(43)45)35(49-34)20-23-5-12-27(13-6-23)48-28-14-10-26(41)11-15-28/h5-7,10-16,19,21-22,25H,8-9,17-18,20H2,1-4H3,(H2,43,45)(H,46,47). The minimum absolute atomic E-state index is 0.103. The number of halogens is 2. The van der Waals surface area contributed by atoms with Crippen LogP contribution in [-0.2, 0) is 33.4 Å². The third-order valence-corrected chi connectivity index (χ3v) is 10.9. The molecule has 0 radical (unpaired) electrons. The van der Waals surface area contributed by atoms with Crippen molar-refractivity contribution in [2.45, 2.75) is 70.5 Å². The summed E-state index contributed by atoms with van der Waals surface area (Å²) in [4.78, 5) is 12.8. The van der Waals surface area contributed by atoms with E-state index in [9.17, 15) is 17.9 Å². The van der Waals surface area contributed by atoms with Crippen molar-refractivity contribution in [3.63, 3.8) is 0 Å². The fourth-order valence-corrected chi connectivity index (χ4v) is 7.01. The van der Waals surface area contributed by atoms with E-state index in [0.29, 0.717) is 44.9 Å². The minimum Gasteiger partial charge on any atom is -0.460 e. The Balaban J connectivity index is 1.13. The third kappa shape index (κ3) is 7.23. The molecule has 270 valence electrons. The van der Waals surface area contributed by atoms with Crippen molar-refractivity contribution in [3.8, 4) is 11.5 Å². The van der Waals surface area contributed by atoms with Gasteiger partial charge in [-0.3, -0.25) is 13.7 Å². The molecule has 2 heterocycles. The molecule has 9 nitrogen and oxygen atoms in total. The Morgan fingerprint density at radius 2 is 1.56 bits per heavy atom. The first-order chi connectivity index (χ1) is 24.7. The molecule has 52 heavy (non-hydrogen) atoms. The number of rotatable bonds is 12. The number of ether oxygens (including phenoxy) is 1. The number of primary amides is 1. The van der Waals surface area contributed by atoms with Crippen LogP contribution in [0.4, 0.5) is 14.5 Å². The normalized spacial score (nSPS) is 17.0. The maximum absolute atomic E-state index is 15.4. The summed E-state index contributed by atoms with van der Waals surface area (Å²) in [6, 6.07) is 21.2. The number of nitrogens with zero attached hydrogens (tertiary/aromatic N) is 1. The van der Waals surface area contributed by atoms with Gasteiger partial charge in [-0.2, -0.15) is 0 Å². The van der Waals surface area contributed by atoms with Crippen molar-refractivity contribution in [1.82, 2.24) is 0 Å². The van der Waals surface area contributed by atoms with E-state index < -0.39 is 41.3 Å². The van der Waals surface area contributed by atoms with Gasteiger partial charge >= 0.3 is 7.12 Å². The number of amides is 1. The molecule has 1 atom stereocenters. The zero-order valence-corrected chi connectivity index (χ0v) is 30.1. The average Bonchev–Trinajstić information content (AvgIpc) is 3.82. The molecule has 13 heteroatoms. The molecular formula is C39H39BF2N2O7S. The molecule has 1 saturated heterocycles. The van der Waals surface area contributed by atoms with Crippen molar-refractivity contribution >= 4 is 46.4 Å². The third-order valence-electron chi connectivity index (χ3n) is 10.1. The Morgan fingerprint density at radius 3 is 2.13 bits per heavy atom. The lowest BCUT2D eigenvalue weighted by Gasteiger charge is -2.32. The molecule has 1 aliphatic carbocycles. The summed E-state index contributed by atoms with van der Waals surface area (Å²) in [5, 5.41) is 0.536. The quantitative estimate of drug-likeness (QED) is 0.100. The van der Waals surface area contributed by atoms with E-state index in [0.717, 1.165) is 24.0 Å². The van der Waals surface area contributed by atoms with Gasteiger partial charge < -0.3 is 24.2 Å². The number of hydrogen-bond donors (Lipinski definition) is 2. The Morgan fingerprint density at radius 1 is 0.942 bits per heavy atom. The van der Waals surface area contributed by atoms with Crippen LogP contribution in [0, 0.1) is 11.6 Å². The van der Waals surface area contributed by atoms with Gasteiger partial charge in [0, 0.05) is 29.9 Å². The molecule has 0 bridgehead atoms. The van der Waals surface area contributed by atoms with Crippen LogP contribution < -0.4 is 20.2 Å². The largest absolute Gasteiger partial charge is 0.497 e. The lowest BCUT2D eigenvalue weighted by atomic mass is 9.78. The number of benzene rings is 4. The van der Waals surface area contributed by atoms with Gasteiger partial charge in [-0.05, 0) is 118 Å². The van der Waals surface area contributed by atoms with Crippen LogP contribution in [0.1, 0.15) is 79.3 Å². The zero-order valence-electron chi connectivity index (χ0n) is 29.3. The van der Waals surface area contributed by atoms with E-state index in [2.05, 4.69) is 0 Å². The monoisotopic (exact) mass is 728 g/mol. The van der Waals surface area contributed by atoms with Crippen LogP contribution in [0.3, 0.4) is 0 Å². The van der Waals surface area contributed by atoms with Gasteiger partial charge in [0.1, 0.15) is 34.5 Å². The zero-order chi connectivity index (χ0) is 36.9. The van der Waals surface area contributed by atoms with Crippen LogP contribution >= 0.6 is 0 Å². The van der Waals surface area contributed by atoms with Gasteiger partial charge in [0.05, 0.1) is 22.5 Å². The Hall–Kier alpha value is -4.56. The molecule has 2 fully saturated rings. The van der Waals surface area contributed by atoms with Gasteiger partial charge in [-0.25, -0.2) is 13.0 Å². The van der Waals surface area contributed by atoms with Gasteiger partial charge in [-0.1, -0.05) is 24.3 Å². The van der Waals surface area contributed by atoms with Crippen molar-refractivity contribution in [1.29, 1.82) is 0 Å². The molecular weight excluding hydrogens is 689 g/mol. The lowest BCUT2D eigenvalue weighted by Crippen LogP contribution is -2.41. The van der Waals surface area contributed by atoms with Crippen molar-refractivity contribution in [2.75, 3.05) is 10.8 Å². The molecule has 3 N–H and O–H groups in total. The highest BCUT2D eigenvalue weighted by Crippen LogP contribution is 2.47. The number of hydrogen-bond acceptors (Lipinski definition) is 6. The number of anilines is 1. The second-order valence-corrected chi connectivity index (χ2v) is 15.3. The molecule has 4 aromatic carbocycles. The van der Waals surface area contributed by atoms with Crippen LogP contribution in [0.2, 0.25) is 0 Å². The van der Waals surface area contributed by atoms with Crippen molar-refractivity contribution < 1.29 is 40.8 Å². The molecule has 1 saturated carbocycles. The summed E-state index contributed by atoms with van der Waals surface area (Å²) in [6.07, 6.45) is 2.30. The lowest BCUT2D eigenvalue weighted by molar-refractivity contribution is 0.00578. The number of carbonyl (C=O) groups is 1. The van der Waals surface area contributed by atoms with Gasteiger partial charge in [0.2, 0.25) is 0 Å². The second-order valence-electron chi connectivity index (χ2n) is 14.3. The predicted molar refractivity (Wildman–Crippen MR) is 196 cm³/mol. The summed E-state index contributed by atoms with van der Waals surface area (Å²) < 4.78 is 77.5. The first-order valence-corrected chi connectivity index (χ1v) is 18.2. The molecule has 0 spiro atoms. The SMILES string of the molecule is CC1(C)OB(c2ccc(CCN(c3cc4oc(Cc5ccc(Oc6ccc(F)cc6)cc5)c(C(N)=O)c4cc3C3CC3)S(=O)O)cc2F)OC1(C)C. The molecule has 5 aromatic rings. The first kappa shape index (κ1) is 35.8. The molecule has 1 unspecified atom stereocenters. The molecule has 2 aliphatic rings. The van der Waals surface area contributed by atoms with Crippen molar-refractivity contribution in [2.24, 2.45) is 5.73 Å². The maximum Gasteiger partial charge on any atom is 0.497 e. The summed E-state index contributed by atoms with van der Waals surface area (Å²) in [5.74, 6) is 0.0564. The van der Waals surface area contributed by atoms with Crippen LogP contribution in [0.5, 0.6) is 11.5 Å². The number of fused-ring (bicyclic) bond motifs is 1. The predicted octanol–water partition coefficient (Wildman–Crippen LogP) is 7.56. The molecule has 7 rings (SSSR count). The van der Waals surface area contributed by atoms with Gasteiger partial charge in [0.25, 0.3) is 17.2 Å². The summed E-state index contributed by atoms with van der Waals surface area (Å²) in [5.41, 5.74) is 8.34. The topological polar surface area (TPSA) is 124 Å². The van der Waals surface area contributed by atoms with Crippen molar-refractivity contribution in [3.05, 3.63) is 119 Å². The summed E-state index contributed by atoms with van der Waals surface area (Å²) in [7, 11) is -0.849. The highest BCUT2D eigenvalue weighted by Gasteiger charge is 2.52. The molecule has 1 amide bonds. The number of carbonyl (C=O) groups excluding carboxylic acids is 1. The van der Waals surface area contributed by atoms with Crippen LogP contribution in [0.15, 0.2) is 83.3 Å². The van der Waals surface area contributed by atoms with Gasteiger partial charge in [-0.15, -0.1) is 0 Å². The molecule has 1 aliphatic heterocycles. The highest BCUT2D eigenvalue weighted by molar-refractivity contribution is 7.80. The van der Waals surface area contributed by atoms with Gasteiger partial charge in [0.15, 0.2) is 0 Å². The van der Waals surface area contributed by atoms with E-state index in [-0.39, 0.29) is 36.7 Å². The first-order valence-electron chi connectivity index (χ1n) is 17.1. The minimum atomic E-state index is -2.42. The second kappa shape index (κ2) is 13.8. The van der Waals surface area contributed by atoms with Crippen LogP contribution in [0.25, 0.3) is 11.0 Å². The van der Waals surface area contributed by atoms with Crippen LogP contribution in [-0.4, -0.2) is 39.5 Å². The number of furan rings is 1. The Bertz CT molecular complexity index is 2150. The van der Waals surface area contributed by atoms with E-state index in [1.165, 1.54) is 34.6 Å². The smallest absolute Gasteiger partial charge is 0.460 e. The fourth-order valence-electron chi connectivity index (χ4n) is 6.43. The Labute approximate surface area is 303 Å².